The Kier molecular flexibility index (Phi) is 4.88. The standard InChI is InChI=1S/C13H17NO5/c1-7(8(2)19-3)12(16)14-9-4-5-10(13(17)18)11(15)6-9/h4-8,15H,1-3H3,(H,14,16)(H,17,18)/t7?,8-/m1/s1. The Hall–Kier alpha value is -2.08. The Morgan fingerprint density at radius 1 is 1.32 bits per heavy atom. The lowest BCUT2D eigenvalue weighted by Crippen LogP contribution is -2.29. The number of aromatic carboxylic acids is 1. The largest absolute Gasteiger partial charge is 0.507 e. The van der Waals surface area contributed by atoms with Gasteiger partial charge >= 0.3 is 5.97 Å². The van der Waals surface area contributed by atoms with E-state index >= 15 is 0 Å². The summed E-state index contributed by atoms with van der Waals surface area (Å²) in [5.74, 6) is -2.25. The first-order chi connectivity index (χ1) is 8.86. The summed E-state index contributed by atoms with van der Waals surface area (Å²) in [5, 5.41) is 20.9. The molecule has 1 aromatic rings. The number of carboxylic acids is 1. The number of methoxy groups -OCH3 is 1. The number of phenols is 1. The third-order valence-electron chi connectivity index (χ3n) is 2.99. The van der Waals surface area contributed by atoms with Gasteiger partial charge in [-0.25, -0.2) is 4.79 Å². The highest BCUT2D eigenvalue weighted by atomic mass is 16.5. The summed E-state index contributed by atoms with van der Waals surface area (Å²) in [6.07, 6.45) is -0.244. The Labute approximate surface area is 111 Å². The van der Waals surface area contributed by atoms with Crippen molar-refractivity contribution in [1.82, 2.24) is 0 Å². The molecule has 19 heavy (non-hydrogen) atoms. The lowest BCUT2D eigenvalue weighted by atomic mass is 10.1. The predicted molar refractivity (Wildman–Crippen MR) is 69.3 cm³/mol. The van der Waals surface area contributed by atoms with Crippen LogP contribution in [-0.4, -0.2) is 35.3 Å². The zero-order chi connectivity index (χ0) is 14.6. The number of rotatable bonds is 5. The molecule has 1 unspecified atom stereocenters. The Morgan fingerprint density at radius 2 is 1.95 bits per heavy atom. The molecule has 0 heterocycles. The fourth-order valence-corrected chi connectivity index (χ4v) is 1.46. The number of hydrogen-bond donors (Lipinski definition) is 3. The number of carboxylic acid groups (broad SMARTS) is 1. The normalized spacial score (nSPS) is 13.6. The molecule has 1 aromatic carbocycles. The Morgan fingerprint density at radius 3 is 2.42 bits per heavy atom. The minimum absolute atomic E-state index is 0.212. The SMILES string of the molecule is CO[C@H](C)C(C)C(=O)Nc1ccc(C(=O)O)c(O)c1. The van der Waals surface area contributed by atoms with Gasteiger partial charge in [0, 0.05) is 18.9 Å². The van der Waals surface area contributed by atoms with E-state index < -0.39 is 11.7 Å². The molecule has 0 aliphatic rings. The molecule has 0 aliphatic carbocycles. The average molecular weight is 267 g/mol. The summed E-state index contributed by atoms with van der Waals surface area (Å²) in [6, 6.07) is 3.86. The average Bonchev–Trinajstić information content (AvgIpc) is 2.36. The van der Waals surface area contributed by atoms with E-state index in [9.17, 15) is 14.7 Å². The molecule has 1 rings (SSSR count). The van der Waals surface area contributed by atoms with Crippen LogP contribution in [-0.2, 0) is 9.53 Å². The maximum absolute atomic E-state index is 11.9. The molecule has 0 bridgehead atoms. The van der Waals surface area contributed by atoms with E-state index in [1.165, 1.54) is 25.3 Å². The zero-order valence-electron chi connectivity index (χ0n) is 11.0. The monoisotopic (exact) mass is 267 g/mol. The van der Waals surface area contributed by atoms with Gasteiger partial charge in [-0.05, 0) is 19.1 Å². The molecule has 6 nitrogen and oxygen atoms in total. The smallest absolute Gasteiger partial charge is 0.339 e. The minimum Gasteiger partial charge on any atom is -0.507 e. The van der Waals surface area contributed by atoms with Crippen LogP contribution in [0.5, 0.6) is 5.75 Å². The quantitative estimate of drug-likeness (QED) is 0.754. The molecule has 104 valence electrons. The molecular weight excluding hydrogens is 250 g/mol. The van der Waals surface area contributed by atoms with E-state index in [4.69, 9.17) is 9.84 Å². The highest BCUT2D eigenvalue weighted by Crippen LogP contribution is 2.22. The fourth-order valence-electron chi connectivity index (χ4n) is 1.46. The van der Waals surface area contributed by atoms with Gasteiger partial charge in [-0.2, -0.15) is 0 Å². The van der Waals surface area contributed by atoms with Crippen molar-refractivity contribution in [2.75, 3.05) is 12.4 Å². The number of aromatic hydroxyl groups is 1. The molecule has 6 heteroatoms. The molecule has 0 aliphatic heterocycles. The van der Waals surface area contributed by atoms with Crippen LogP contribution >= 0.6 is 0 Å². The van der Waals surface area contributed by atoms with Gasteiger partial charge in [0.1, 0.15) is 11.3 Å². The van der Waals surface area contributed by atoms with Crippen LogP contribution in [0, 0.1) is 5.92 Å². The molecular formula is C13H17NO5. The number of hydrogen-bond acceptors (Lipinski definition) is 4. The highest BCUT2D eigenvalue weighted by Gasteiger charge is 2.20. The van der Waals surface area contributed by atoms with E-state index in [0.717, 1.165) is 0 Å². The first-order valence-corrected chi connectivity index (χ1v) is 5.76. The van der Waals surface area contributed by atoms with Crippen molar-refractivity contribution >= 4 is 17.6 Å². The highest BCUT2D eigenvalue weighted by molar-refractivity contribution is 5.95. The van der Waals surface area contributed by atoms with Gasteiger partial charge in [0.15, 0.2) is 0 Å². The number of amides is 1. The van der Waals surface area contributed by atoms with Crippen LogP contribution in [0.1, 0.15) is 24.2 Å². The van der Waals surface area contributed by atoms with Gasteiger partial charge < -0.3 is 20.3 Å². The molecule has 0 fully saturated rings. The van der Waals surface area contributed by atoms with Gasteiger partial charge in [-0.3, -0.25) is 4.79 Å². The summed E-state index contributed by atoms with van der Waals surface area (Å²) in [5.41, 5.74) is 0.124. The van der Waals surface area contributed by atoms with Gasteiger partial charge in [-0.1, -0.05) is 6.92 Å². The lowest BCUT2D eigenvalue weighted by Gasteiger charge is -2.18. The van der Waals surface area contributed by atoms with Crippen LogP contribution in [0.25, 0.3) is 0 Å². The first-order valence-electron chi connectivity index (χ1n) is 5.76. The van der Waals surface area contributed by atoms with Crippen molar-refractivity contribution in [2.45, 2.75) is 20.0 Å². The zero-order valence-corrected chi connectivity index (χ0v) is 11.0. The molecule has 0 saturated heterocycles. The maximum Gasteiger partial charge on any atom is 0.339 e. The van der Waals surface area contributed by atoms with Crippen molar-refractivity contribution in [3.05, 3.63) is 23.8 Å². The van der Waals surface area contributed by atoms with Crippen LogP contribution in [0.4, 0.5) is 5.69 Å². The first kappa shape index (κ1) is 15.0. The second kappa shape index (κ2) is 6.19. The third-order valence-corrected chi connectivity index (χ3v) is 2.99. The van der Waals surface area contributed by atoms with Crippen molar-refractivity contribution < 1.29 is 24.5 Å². The summed E-state index contributed by atoms with van der Waals surface area (Å²) >= 11 is 0. The molecule has 0 saturated carbocycles. The van der Waals surface area contributed by atoms with Crippen LogP contribution < -0.4 is 5.32 Å². The van der Waals surface area contributed by atoms with Crippen molar-refractivity contribution in [3.8, 4) is 5.75 Å². The molecule has 0 spiro atoms. The van der Waals surface area contributed by atoms with E-state index in [0.29, 0.717) is 5.69 Å². The van der Waals surface area contributed by atoms with Gasteiger partial charge in [0.25, 0.3) is 0 Å². The van der Waals surface area contributed by atoms with Crippen LogP contribution in [0.3, 0.4) is 0 Å². The molecule has 0 radical (unpaired) electrons. The topological polar surface area (TPSA) is 95.9 Å². The third kappa shape index (κ3) is 3.69. The van der Waals surface area contributed by atoms with E-state index in [1.807, 2.05) is 0 Å². The molecule has 3 N–H and O–H groups in total. The number of benzene rings is 1. The molecule has 1 amide bonds. The van der Waals surface area contributed by atoms with E-state index in [-0.39, 0.29) is 23.5 Å². The Bertz CT molecular complexity index is 486. The fraction of sp³-hybridized carbons (Fsp3) is 0.385. The minimum atomic E-state index is -1.23. The summed E-state index contributed by atoms with van der Waals surface area (Å²) in [4.78, 5) is 22.6. The van der Waals surface area contributed by atoms with Gasteiger partial charge in [0.2, 0.25) is 5.91 Å². The number of carbonyl (C=O) groups is 2. The van der Waals surface area contributed by atoms with Gasteiger partial charge in [-0.15, -0.1) is 0 Å². The van der Waals surface area contributed by atoms with Crippen LogP contribution in [0.15, 0.2) is 18.2 Å². The van der Waals surface area contributed by atoms with Crippen molar-refractivity contribution in [1.29, 1.82) is 0 Å². The van der Waals surface area contributed by atoms with Crippen molar-refractivity contribution in [2.24, 2.45) is 5.92 Å². The number of anilines is 1. The second-order valence-electron chi connectivity index (χ2n) is 4.26. The number of nitrogens with one attached hydrogen (secondary N) is 1. The molecule has 0 aromatic heterocycles. The number of carbonyl (C=O) groups excluding carboxylic acids is 1. The Balaban J connectivity index is 2.81. The number of ether oxygens (including phenoxy) is 1. The summed E-state index contributed by atoms with van der Waals surface area (Å²) in [7, 11) is 1.52. The molecule has 2 atom stereocenters. The maximum atomic E-state index is 11.9. The lowest BCUT2D eigenvalue weighted by molar-refractivity contribution is -0.122. The van der Waals surface area contributed by atoms with E-state index in [2.05, 4.69) is 5.32 Å². The van der Waals surface area contributed by atoms with E-state index in [1.54, 1.807) is 13.8 Å². The second-order valence-corrected chi connectivity index (χ2v) is 4.26. The van der Waals surface area contributed by atoms with Crippen molar-refractivity contribution in [3.63, 3.8) is 0 Å². The summed E-state index contributed by atoms with van der Waals surface area (Å²) in [6.45, 7) is 3.49. The summed E-state index contributed by atoms with van der Waals surface area (Å²) < 4.78 is 5.06. The van der Waals surface area contributed by atoms with Gasteiger partial charge in [0.05, 0.1) is 12.0 Å². The predicted octanol–water partition coefficient (Wildman–Crippen LogP) is 1.70. The van der Waals surface area contributed by atoms with Crippen LogP contribution in [0.2, 0.25) is 0 Å².